The average molecular weight is 982 g/mol. The van der Waals surface area contributed by atoms with Crippen molar-refractivity contribution in [1.29, 1.82) is 0 Å². The van der Waals surface area contributed by atoms with Crippen LogP contribution in [0, 0.1) is 20.8 Å². The van der Waals surface area contributed by atoms with Crippen LogP contribution in [0.2, 0.25) is 0 Å². The van der Waals surface area contributed by atoms with Gasteiger partial charge in [-0.25, -0.2) is 0 Å². The first-order valence-electron chi connectivity index (χ1n) is 28.2. The number of nitrogens with zero attached hydrogens (tertiary/aromatic N) is 1. The lowest BCUT2D eigenvalue weighted by molar-refractivity contribution is 0.332. The molecule has 380 valence electrons. The van der Waals surface area contributed by atoms with Crippen LogP contribution < -0.4 is 21.3 Å². The monoisotopic (exact) mass is 982 g/mol. The third kappa shape index (κ3) is 8.83. The molecule has 0 fully saturated rings. The van der Waals surface area contributed by atoms with E-state index in [1.54, 1.807) is 0 Å². The van der Waals surface area contributed by atoms with E-state index in [9.17, 15) is 0 Å². The summed E-state index contributed by atoms with van der Waals surface area (Å²) in [5.74, 6) is 0.0831. The maximum atomic E-state index is 2.73. The minimum absolute atomic E-state index is 0.00675. The Morgan fingerprint density at radius 1 is 0.427 bits per heavy atom. The highest BCUT2D eigenvalue weighted by Crippen LogP contribution is 2.51. The third-order valence-electron chi connectivity index (χ3n) is 18.7. The molecule has 0 saturated heterocycles. The van der Waals surface area contributed by atoms with E-state index in [0.29, 0.717) is 0 Å². The van der Waals surface area contributed by atoms with E-state index in [0.717, 1.165) is 6.42 Å². The van der Waals surface area contributed by atoms with Gasteiger partial charge in [0.05, 0.1) is 0 Å². The standard InChI is InChI=1S/C73H80BN/c1-46-38-48(3)68-67(39-46)75(65-41-52(27-26-47(65)2)50-22-18-16-19-23-50)66-42-53(51-24-20-17-21-25-51)29-33-63(66)74(68)64-45-62-61(72(12,13)36-37-73(62,14)15)44-57(64)49(4)56-31-30-55(69(5,6)7)43-58(56)54-28-32-59-60(40-54)71(10,11)35-34-70(59,8)9/h16-33,38-45,49H,34-37H2,1-15H3. The van der Waals surface area contributed by atoms with Crippen molar-refractivity contribution < 1.29 is 0 Å². The highest BCUT2D eigenvalue weighted by Gasteiger charge is 2.44. The molecule has 3 aliphatic rings. The Morgan fingerprint density at radius 2 is 0.960 bits per heavy atom. The summed E-state index contributed by atoms with van der Waals surface area (Å²) in [6.07, 6.45) is 4.73. The number of anilines is 3. The summed E-state index contributed by atoms with van der Waals surface area (Å²) in [6.45, 7) is 36.4. The molecular weight excluding hydrogens is 902 g/mol. The van der Waals surface area contributed by atoms with Crippen LogP contribution in [-0.4, -0.2) is 6.71 Å². The van der Waals surface area contributed by atoms with Crippen molar-refractivity contribution in [1.82, 2.24) is 0 Å². The predicted octanol–water partition coefficient (Wildman–Crippen LogP) is 18.1. The molecule has 1 nitrogen and oxygen atoms in total. The quantitative estimate of drug-likeness (QED) is 0.144. The highest BCUT2D eigenvalue weighted by atomic mass is 15.2. The van der Waals surface area contributed by atoms with Crippen molar-refractivity contribution in [3.05, 3.63) is 213 Å². The Kier molecular flexibility index (Phi) is 12.3. The zero-order valence-electron chi connectivity index (χ0n) is 47.9. The fourth-order valence-corrected chi connectivity index (χ4v) is 13.7. The first-order chi connectivity index (χ1) is 35.4. The molecular formula is C73H80BN. The van der Waals surface area contributed by atoms with Crippen LogP contribution in [0.15, 0.2) is 158 Å². The van der Waals surface area contributed by atoms with Gasteiger partial charge in [0, 0.05) is 23.0 Å². The summed E-state index contributed by atoms with van der Waals surface area (Å²) < 4.78 is 0. The van der Waals surface area contributed by atoms with Gasteiger partial charge in [0.2, 0.25) is 6.71 Å². The van der Waals surface area contributed by atoms with Gasteiger partial charge in [-0.05, 0) is 186 Å². The first kappa shape index (κ1) is 50.8. The summed E-state index contributed by atoms with van der Waals surface area (Å²) in [4.78, 5) is 2.63. The second-order valence-electron chi connectivity index (χ2n) is 26.9. The summed E-state index contributed by atoms with van der Waals surface area (Å²) in [7, 11) is 0. The fourth-order valence-electron chi connectivity index (χ4n) is 13.7. The summed E-state index contributed by atoms with van der Waals surface area (Å²) in [6, 6.07) is 61.8. The third-order valence-corrected chi connectivity index (χ3v) is 18.7. The summed E-state index contributed by atoms with van der Waals surface area (Å²) in [5, 5.41) is 0. The van der Waals surface area contributed by atoms with E-state index < -0.39 is 0 Å². The fraction of sp³-hybridized carbons (Fsp3) is 0.342. The minimum Gasteiger partial charge on any atom is -0.311 e. The summed E-state index contributed by atoms with van der Waals surface area (Å²) in [5.41, 5.74) is 29.9. The molecule has 0 N–H and O–H groups in total. The normalized spacial score (nSPS) is 17.4. The van der Waals surface area contributed by atoms with Gasteiger partial charge in [-0.15, -0.1) is 0 Å². The molecule has 1 unspecified atom stereocenters. The molecule has 0 bridgehead atoms. The smallest absolute Gasteiger partial charge is 0.247 e. The molecule has 0 aromatic heterocycles. The molecule has 8 aromatic rings. The van der Waals surface area contributed by atoms with E-state index >= 15 is 0 Å². The van der Waals surface area contributed by atoms with Gasteiger partial charge in [-0.1, -0.05) is 234 Å². The lowest BCUT2D eigenvalue weighted by Gasteiger charge is -2.44. The van der Waals surface area contributed by atoms with Crippen molar-refractivity contribution in [3.63, 3.8) is 0 Å². The van der Waals surface area contributed by atoms with Crippen molar-refractivity contribution in [2.75, 3.05) is 4.90 Å². The molecule has 75 heavy (non-hydrogen) atoms. The first-order valence-corrected chi connectivity index (χ1v) is 28.2. The van der Waals surface area contributed by atoms with Crippen LogP contribution in [0.1, 0.15) is 170 Å². The predicted molar refractivity (Wildman–Crippen MR) is 326 cm³/mol. The summed E-state index contributed by atoms with van der Waals surface area (Å²) >= 11 is 0. The van der Waals surface area contributed by atoms with Crippen LogP contribution in [-0.2, 0) is 27.1 Å². The Labute approximate surface area is 452 Å². The number of benzene rings is 8. The SMILES string of the molecule is Cc1cc(C)c2c(c1)N(c1cc(-c3ccccc3)ccc1C)c1cc(-c3ccccc3)ccc1B2c1cc2c(cc1C(C)c1ccc(C(C)(C)C)cc1-c1ccc3c(c1)C(C)(C)CCC3(C)C)C(C)(C)CCC2(C)C. The topological polar surface area (TPSA) is 3.24 Å². The molecule has 8 aromatic carbocycles. The molecule has 0 radical (unpaired) electrons. The Morgan fingerprint density at radius 3 is 1.56 bits per heavy atom. The number of rotatable bonds is 7. The van der Waals surface area contributed by atoms with Crippen molar-refractivity contribution in [2.45, 2.75) is 163 Å². The zero-order chi connectivity index (χ0) is 53.1. The molecule has 11 rings (SSSR count). The second kappa shape index (κ2) is 18.1. The van der Waals surface area contributed by atoms with Gasteiger partial charge < -0.3 is 4.90 Å². The Hall–Kier alpha value is -6.38. The van der Waals surface area contributed by atoms with Crippen LogP contribution >= 0.6 is 0 Å². The van der Waals surface area contributed by atoms with E-state index in [1.165, 1.54) is 142 Å². The second-order valence-corrected chi connectivity index (χ2v) is 26.9. The van der Waals surface area contributed by atoms with E-state index in [4.69, 9.17) is 0 Å². The van der Waals surface area contributed by atoms with Gasteiger partial charge in [0.15, 0.2) is 0 Å². The van der Waals surface area contributed by atoms with Crippen LogP contribution in [0.3, 0.4) is 0 Å². The van der Waals surface area contributed by atoms with Crippen molar-refractivity contribution in [2.24, 2.45) is 0 Å². The minimum atomic E-state index is -0.0260. The molecule has 1 heterocycles. The number of aryl methyl sites for hydroxylation is 3. The maximum Gasteiger partial charge on any atom is 0.247 e. The van der Waals surface area contributed by atoms with Crippen LogP contribution in [0.5, 0.6) is 0 Å². The highest BCUT2D eigenvalue weighted by molar-refractivity contribution is 6.98. The number of hydrogen-bond donors (Lipinski definition) is 0. The van der Waals surface area contributed by atoms with E-state index in [2.05, 4.69) is 266 Å². The number of fused-ring (bicyclic) bond motifs is 4. The van der Waals surface area contributed by atoms with Gasteiger partial charge in [0.25, 0.3) is 0 Å². The molecule has 0 saturated carbocycles. The molecule has 1 atom stereocenters. The van der Waals surface area contributed by atoms with Crippen LogP contribution in [0.4, 0.5) is 17.1 Å². The lowest BCUT2D eigenvalue weighted by Crippen LogP contribution is -2.59. The molecule has 1 aliphatic heterocycles. The Bertz CT molecular complexity index is 3520. The van der Waals surface area contributed by atoms with Crippen molar-refractivity contribution in [3.8, 4) is 33.4 Å². The maximum absolute atomic E-state index is 2.73. The zero-order valence-corrected chi connectivity index (χ0v) is 47.9. The van der Waals surface area contributed by atoms with Crippen molar-refractivity contribution >= 4 is 40.2 Å². The molecule has 2 heteroatoms. The van der Waals surface area contributed by atoms with Gasteiger partial charge >= 0.3 is 0 Å². The average Bonchev–Trinajstić information content (AvgIpc) is 3.39. The van der Waals surface area contributed by atoms with E-state index in [1.807, 2.05) is 0 Å². The van der Waals surface area contributed by atoms with Gasteiger partial charge in [-0.2, -0.15) is 0 Å². The largest absolute Gasteiger partial charge is 0.311 e. The molecule has 2 aliphatic carbocycles. The molecule has 0 spiro atoms. The molecule has 0 amide bonds. The Balaban J connectivity index is 1.21. The van der Waals surface area contributed by atoms with Crippen LogP contribution in [0.25, 0.3) is 33.4 Å². The lowest BCUT2D eigenvalue weighted by atomic mass is 9.33. The van der Waals surface area contributed by atoms with Gasteiger partial charge in [0.1, 0.15) is 0 Å². The number of hydrogen-bond acceptors (Lipinski definition) is 1. The van der Waals surface area contributed by atoms with E-state index in [-0.39, 0.29) is 39.7 Å². The van der Waals surface area contributed by atoms with Gasteiger partial charge in [-0.3, -0.25) is 0 Å².